The maximum absolute atomic E-state index is 14.2. The van der Waals surface area contributed by atoms with Crippen LogP contribution in [0.3, 0.4) is 0 Å². The predicted molar refractivity (Wildman–Crippen MR) is 104 cm³/mol. The summed E-state index contributed by atoms with van der Waals surface area (Å²) in [4.78, 5) is 13.2. The van der Waals surface area contributed by atoms with Crippen LogP contribution in [-0.2, 0) is 4.74 Å². The number of morpholine rings is 1. The molecule has 2 aromatic rings. The van der Waals surface area contributed by atoms with Crippen LogP contribution in [0.25, 0.3) is 11.4 Å². The Bertz CT molecular complexity index is 755. The zero-order chi connectivity index (χ0) is 18.6. The van der Waals surface area contributed by atoms with Crippen molar-refractivity contribution in [1.82, 2.24) is 14.9 Å². The van der Waals surface area contributed by atoms with Crippen LogP contribution in [0.4, 0.5) is 10.2 Å². The summed E-state index contributed by atoms with van der Waals surface area (Å²) in [5, 5.41) is 0. The van der Waals surface area contributed by atoms with E-state index in [4.69, 9.17) is 4.74 Å². The van der Waals surface area contributed by atoms with E-state index in [0.717, 1.165) is 5.56 Å². The second kappa shape index (κ2) is 8.31. The highest BCUT2D eigenvalue weighted by Crippen LogP contribution is 2.27. The summed E-state index contributed by atoms with van der Waals surface area (Å²) in [5.74, 6) is 0.556. The Kier molecular flexibility index (Phi) is 5.64. The molecule has 1 atom stereocenters. The van der Waals surface area contributed by atoms with Gasteiger partial charge in [0.25, 0.3) is 0 Å². The minimum atomic E-state index is -0.379. The highest BCUT2D eigenvalue weighted by molar-refractivity contribution is 5.58. The first-order valence-electron chi connectivity index (χ1n) is 9.92. The summed E-state index contributed by atoms with van der Waals surface area (Å²) in [6.45, 7) is 7.12. The van der Waals surface area contributed by atoms with Crippen LogP contribution in [0.2, 0.25) is 0 Å². The molecule has 0 spiro atoms. The molecule has 0 radical (unpaired) electrons. The third-order valence-electron chi connectivity index (χ3n) is 5.63. The molecule has 0 bridgehead atoms. The predicted octanol–water partition coefficient (Wildman–Crippen LogP) is 3.67. The second-order valence-electron chi connectivity index (χ2n) is 7.36. The van der Waals surface area contributed by atoms with Gasteiger partial charge in [-0.3, -0.25) is 4.90 Å². The van der Waals surface area contributed by atoms with Crippen LogP contribution < -0.4 is 4.90 Å². The molecule has 0 saturated carbocycles. The molecule has 2 aliphatic heterocycles. The van der Waals surface area contributed by atoms with Gasteiger partial charge in [-0.2, -0.15) is 0 Å². The smallest absolute Gasteiger partial charge is 0.183 e. The van der Waals surface area contributed by atoms with Crippen molar-refractivity contribution < 1.29 is 9.13 Å². The molecule has 144 valence electrons. The first-order valence-corrected chi connectivity index (χ1v) is 9.92. The number of likely N-dealkylation sites (tertiary alicyclic amines) is 1. The Hall–Kier alpha value is -2.05. The highest BCUT2D eigenvalue weighted by Gasteiger charge is 2.20. The first kappa shape index (κ1) is 18.3. The molecule has 0 N–H and O–H groups in total. The molecule has 3 heterocycles. The number of benzene rings is 1. The van der Waals surface area contributed by atoms with Crippen molar-refractivity contribution in [3.63, 3.8) is 0 Å². The monoisotopic (exact) mass is 370 g/mol. The maximum atomic E-state index is 14.2. The van der Waals surface area contributed by atoms with Gasteiger partial charge < -0.3 is 9.64 Å². The van der Waals surface area contributed by atoms with E-state index in [9.17, 15) is 4.39 Å². The summed E-state index contributed by atoms with van der Waals surface area (Å²) in [6.07, 6.45) is 5.19. The molecule has 1 aromatic heterocycles. The molecule has 5 nitrogen and oxygen atoms in total. The van der Waals surface area contributed by atoms with E-state index in [0.29, 0.717) is 44.0 Å². The summed E-state index contributed by atoms with van der Waals surface area (Å²) in [6, 6.07) is 8.81. The lowest BCUT2D eigenvalue weighted by Gasteiger charge is -2.32. The lowest BCUT2D eigenvalue weighted by Crippen LogP contribution is -2.37. The minimum Gasteiger partial charge on any atom is -0.378 e. The second-order valence-corrected chi connectivity index (χ2v) is 7.36. The molecular formula is C21H27FN4O. The number of hydrogen-bond acceptors (Lipinski definition) is 5. The Morgan fingerprint density at radius 1 is 1.00 bits per heavy atom. The van der Waals surface area contributed by atoms with E-state index >= 15 is 0 Å². The van der Waals surface area contributed by atoms with Crippen molar-refractivity contribution in [2.45, 2.75) is 32.2 Å². The standard InChI is InChI=1S/C21H27FN4O/c1-16(25-9-3-2-4-10-25)17-5-7-18(8-6-17)20-23-15-19(22)21(24-20)26-11-13-27-14-12-26/h5-8,15-16H,2-4,9-14H2,1H3/t16-/m0/s1. The van der Waals surface area contributed by atoms with E-state index < -0.39 is 0 Å². The number of ether oxygens (including phenoxy) is 1. The molecule has 4 rings (SSSR count). The highest BCUT2D eigenvalue weighted by atomic mass is 19.1. The summed E-state index contributed by atoms with van der Waals surface area (Å²) in [7, 11) is 0. The lowest BCUT2D eigenvalue weighted by molar-refractivity contribution is 0.122. The van der Waals surface area contributed by atoms with E-state index in [-0.39, 0.29) is 5.82 Å². The Morgan fingerprint density at radius 2 is 1.70 bits per heavy atom. The summed E-state index contributed by atoms with van der Waals surface area (Å²) >= 11 is 0. The van der Waals surface area contributed by atoms with Gasteiger partial charge in [-0.1, -0.05) is 30.7 Å². The minimum absolute atomic E-state index is 0.370. The Morgan fingerprint density at radius 3 is 2.41 bits per heavy atom. The molecule has 27 heavy (non-hydrogen) atoms. The molecule has 0 amide bonds. The van der Waals surface area contributed by atoms with Crippen molar-refractivity contribution in [3.8, 4) is 11.4 Å². The fourth-order valence-electron chi connectivity index (χ4n) is 3.92. The zero-order valence-electron chi connectivity index (χ0n) is 15.9. The number of anilines is 1. The molecule has 2 fully saturated rings. The lowest BCUT2D eigenvalue weighted by atomic mass is 10.0. The quantitative estimate of drug-likeness (QED) is 0.821. The van der Waals surface area contributed by atoms with E-state index in [1.54, 1.807) is 0 Å². The number of rotatable bonds is 4. The fourth-order valence-corrected chi connectivity index (χ4v) is 3.92. The third kappa shape index (κ3) is 4.12. The van der Waals surface area contributed by atoms with Crippen LogP contribution in [0.1, 0.15) is 37.8 Å². The largest absolute Gasteiger partial charge is 0.378 e. The van der Waals surface area contributed by atoms with Gasteiger partial charge in [0.15, 0.2) is 17.5 Å². The van der Waals surface area contributed by atoms with Crippen LogP contribution >= 0.6 is 0 Å². The van der Waals surface area contributed by atoms with E-state index in [2.05, 4.69) is 33.9 Å². The Balaban J connectivity index is 1.53. The molecule has 2 aliphatic rings. The summed E-state index contributed by atoms with van der Waals surface area (Å²) < 4.78 is 19.6. The van der Waals surface area contributed by atoms with Crippen molar-refractivity contribution in [2.24, 2.45) is 0 Å². The van der Waals surface area contributed by atoms with Gasteiger partial charge in [-0.15, -0.1) is 0 Å². The van der Waals surface area contributed by atoms with Crippen molar-refractivity contribution in [1.29, 1.82) is 0 Å². The van der Waals surface area contributed by atoms with Crippen LogP contribution in [-0.4, -0.2) is 54.3 Å². The molecule has 2 saturated heterocycles. The topological polar surface area (TPSA) is 41.5 Å². The van der Waals surface area contributed by atoms with Crippen molar-refractivity contribution >= 4 is 5.82 Å². The number of nitrogens with zero attached hydrogens (tertiary/aromatic N) is 4. The van der Waals surface area contributed by atoms with Gasteiger partial charge in [-0.05, 0) is 38.4 Å². The van der Waals surface area contributed by atoms with Gasteiger partial charge in [-0.25, -0.2) is 14.4 Å². The maximum Gasteiger partial charge on any atom is 0.183 e. The molecular weight excluding hydrogens is 343 g/mol. The van der Waals surface area contributed by atoms with Gasteiger partial charge in [0.05, 0.1) is 19.4 Å². The van der Waals surface area contributed by atoms with Gasteiger partial charge in [0, 0.05) is 24.7 Å². The average Bonchev–Trinajstić information content (AvgIpc) is 2.75. The van der Waals surface area contributed by atoms with Crippen LogP contribution in [0.15, 0.2) is 30.5 Å². The van der Waals surface area contributed by atoms with Gasteiger partial charge in [0.2, 0.25) is 0 Å². The normalized spacial score (nSPS) is 19.9. The van der Waals surface area contributed by atoms with E-state index in [1.165, 1.54) is 44.1 Å². The zero-order valence-corrected chi connectivity index (χ0v) is 15.9. The first-order chi connectivity index (χ1) is 13.2. The fraction of sp³-hybridized carbons (Fsp3) is 0.524. The van der Waals surface area contributed by atoms with E-state index in [1.807, 2.05) is 17.0 Å². The molecule has 6 heteroatoms. The molecule has 1 aromatic carbocycles. The van der Waals surface area contributed by atoms with Gasteiger partial charge in [0.1, 0.15) is 0 Å². The van der Waals surface area contributed by atoms with Crippen molar-refractivity contribution in [2.75, 3.05) is 44.3 Å². The Labute approximate surface area is 160 Å². The van der Waals surface area contributed by atoms with Crippen molar-refractivity contribution in [3.05, 3.63) is 41.8 Å². The number of hydrogen-bond donors (Lipinski definition) is 0. The third-order valence-corrected chi connectivity index (χ3v) is 5.63. The number of halogens is 1. The molecule has 0 unspecified atom stereocenters. The van der Waals surface area contributed by atoms with Gasteiger partial charge >= 0.3 is 0 Å². The van der Waals surface area contributed by atoms with Crippen LogP contribution in [0.5, 0.6) is 0 Å². The number of piperidine rings is 1. The SMILES string of the molecule is C[C@@H](c1ccc(-c2ncc(F)c(N3CCOCC3)n2)cc1)N1CCCCC1. The number of aromatic nitrogens is 2. The van der Waals surface area contributed by atoms with Crippen LogP contribution in [0, 0.1) is 5.82 Å². The molecule has 0 aliphatic carbocycles. The summed E-state index contributed by atoms with van der Waals surface area (Å²) in [5.41, 5.74) is 2.22. The average molecular weight is 370 g/mol.